The SMILES string of the molecule is O=C(O)c1c(F)c(F)c(F)c(F)c1F.O=C(O)c1c(F)c(F)c(F)c(F)c1F.[Zn]. The van der Waals surface area contributed by atoms with Crippen molar-refractivity contribution < 1.29 is 83.2 Å². The van der Waals surface area contributed by atoms with Gasteiger partial charge in [-0.15, -0.1) is 0 Å². The number of halogens is 10. The number of benzene rings is 2. The fraction of sp³-hybridized carbons (Fsp3) is 0. The largest absolute Gasteiger partial charge is 0.477 e. The Bertz CT molecular complexity index is 858. The van der Waals surface area contributed by atoms with Crippen LogP contribution < -0.4 is 0 Å². The molecular weight excluding hydrogens is 488 g/mol. The molecule has 2 N–H and O–H groups in total. The summed E-state index contributed by atoms with van der Waals surface area (Å²) < 4.78 is 124. The molecule has 0 saturated carbocycles. The molecule has 4 nitrogen and oxygen atoms in total. The van der Waals surface area contributed by atoms with Crippen LogP contribution in [0.2, 0.25) is 0 Å². The summed E-state index contributed by atoms with van der Waals surface area (Å²) >= 11 is 0. The van der Waals surface area contributed by atoms with E-state index in [1.54, 1.807) is 0 Å². The molecule has 0 amide bonds. The molecule has 0 spiro atoms. The van der Waals surface area contributed by atoms with E-state index in [1.165, 1.54) is 0 Å². The number of rotatable bonds is 2. The summed E-state index contributed by atoms with van der Waals surface area (Å²) in [6, 6.07) is 0. The maximum Gasteiger partial charge on any atom is 0.341 e. The predicted octanol–water partition coefficient (Wildman–Crippen LogP) is 4.16. The van der Waals surface area contributed by atoms with Crippen LogP contribution in [-0.4, -0.2) is 22.2 Å². The average Bonchev–Trinajstić information content (AvgIpc) is 2.61. The Morgan fingerprint density at radius 3 is 0.690 bits per heavy atom. The molecule has 2 aromatic carbocycles. The van der Waals surface area contributed by atoms with E-state index in [2.05, 4.69) is 0 Å². The van der Waals surface area contributed by atoms with E-state index in [0.717, 1.165) is 0 Å². The van der Waals surface area contributed by atoms with Gasteiger partial charge in [0.2, 0.25) is 11.6 Å². The molecule has 2 rings (SSSR count). The molecule has 0 aliphatic heterocycles. The van der Waals surface area contributed by atoms with Gasteiger partial charge in [0.15, 0.2) is 46.5 Å². The zero-order valence-electron chi connectivity index (χ0n) is 13.2. The molecule has 0 heterocycles. The average molecular weight is 490 g/mol. The van der Waals surface area contributed by atoms with Gasteiger partial charge in [0.05, 0.1) is 0 Å². The third-order valence-electron chi connectivity index (χ3n) is 2.85. The van der Waals surface area contributed by atoms with Crippen LogP contribution in [0.4, 0.5) is 43.9 Å². The molecule has 29 heavy (non-hydrogen) atoms. The van der Waals surface area contributed by atoms with Crippen molar-refractivity contribution in [3.8, 4) is 0 Å². The fourth-order valence-electron chi connectivity index (χ4n) is 1.59. The van der Waals surface area contributed by atoms with E-state index in [1.807, 2.05) is 0 Å². The molecule has 0 fully saturated rings. The monoisotopic (exact) mass is 488 g/mol. The van der Waals surface area contributed by atoms with Gasteiger partial charge in [0.1, 0.15) is 11.1 Å². The second-order valence-electron chi connectivity index (χ2n) is 4.50. The van der Waals surface area contributed by atoms with Crippen molar-refractivity contribution >= 4 is 11.9 Å². The molecule has 0 unspecified atom stereocenters. The maximum atomic E-state index is 12.6. The number of carboxylic acid groups (broad SMARTS) is 2. The predicted molar refractivity (Wildman–Crippen MR) is 66.4 cm³/mol. The summed E-state index contributed by atoms with van der Waals surface area (Å²) in [6.07, 6.45) is 0. The van der Waals surface area contributed by atoms with Crippen LogP contribution in [-0.2, 0) is 19.5 Å². The van der Waals surface area contributed by atoms with E-state index in [-0.39, 0.29) is 19.5 Å². The summed E-state index contributed by atoms with van der Waals surface area (Å²) in [5.74, 6) is -27.7. The normalized spacial score (nSPS) is 10.0. The first-order chi connectivity index (χ1) is 12.7. The van der Waals surface area contributed by atoms with Crippen LogP contribution in [0, 0.1) is 58.2 Å². The Kier molecular flexibility index (Phi) is 8.78. The van der Waals surface area contributed by atoms with Gasteiger partial charge >= 0.3 is 11.9 Å². The zero-order chi connectivity index (χ0) is 22.1. The van der Waals surface area contributed by atoms with Crippen molar-refractivity contribution in [2.24, 2.45) is 0 Å². The Hall–Kier alpha value is -2.70. The molecule has 0 aliphatic rings. The smallest absolute Gasteiger partial charge is 0.341 e. The molecule has 0 radical (unpaired) electrons. The van der Waals surface area contributed by atoms with Crippen molar-refractivity contribution in [1.29, 1.82) is 0 Å². The van der Waals surface area contributed by atoms with Crippen LogP contribution in [0.3, 0.4) is 0 Å². The minimum absolute atomic E-state index is 0. The zero-order valence-corrected chi connectivity index (χ0v) is 16.2. The minimum atomic E-state index is -2.38. The summed E-state index contributed by atoms with van der Waals surface area (Å²) in [7, 11) is 0. The summed E-state index contributed by atoms with van der Waals surface area (Å²) in [5.41, 5.74) is -3.72. The fourth-order valence-corrected chi connectivity index (χ4v) is 1.59. The Balaban J connectivity index is 0.000000523. The third kappa shape index (κ3) is 4.84. The Morgan fingerprint density at radius 2 is 0.552 bits per heavy atom. The van der Waals surface area contributed by atoms with E-state index in [9.17, 15) is 53.5 Å². The molecule has 0 aliphatic carbocycles. The van der Waals surface area contributed by atoms with Crippen molar-refractivity contribution in [2.75, 3.05) is 0 Å². The first kappa shape index (κ1) is 26.3. The summed E-state index contributed by atoms with van der Waals surface area (Å²) in [6.45, 7) is 0. The van der Waals surface area contributed by atoms with Crippen LogP contribution in [0.25, 0.3) is 0 Å². The number of hydrogen-bond acceptors (Lipinski definition) is 2. The van der Waals surface area contributed by atoms with Gasteiger partial charge in [0.25, 0.3) is 0 Å². The van der Waals surface area contributed by atoms with Gasteiger partial charge in [-0.2, -0.15) is 0 Å². The van der Waals surface area contributed by atoms with Gasteiger partial charge in [-0.3, -0.25) is 0 Å². The molecular formula is C14H2F10O4Zn. The number of aromatic carboxylic acids is 2. The van der Waals surface area contributed by atoms with Crippen LogP contribution in [0.5, 0.6) is 0 Å². The summed E-state index contributed by atoms with van der Waals surface area (Å²) in [4.78, 5) is 20.2. The third-order valence-corrected chi connectivity index (χ3v) is 2.85. The second-order valence-corrected chi connectivity index (χ2v) is 4.50. The standard InChI is InChI=1S/2C7HF5O2.Zn/c2*8-2-1(7(13)14)3(9)5(11)6(12)4(2)10;/h2*(H,13,14);. The topological polar surface area (TPSA) is 74.6 Å². The molecule has 0 saturated heterocycles. The Labute approximate surface area is 165 Å². The molecule has 0 aromatic heterocycles. The first-order valence-electron chi connectivity index (χ1n) is 6.25. The van der Waals surface area contributed by atoms with Crippen molar-refractivity contribution in [2.45, 2.75) is 0 Å². The number of hydrogen-bond donors (Lipinski definition) is 2. The molecule has 0 atom stereocenters. The van der Waals surface area contributed by atoms with Gasteiger partial charge < -0.3 is 10.2 Å². The van der Waals surface area contributed by atoms with Gasteiger partial charge in [-0.05, 0) is 0 Å². The molecule has 0 bridgehead atoms. The summed E-state index contributed by atoms with van der Waals surface area (Å²) in [5, 5.41) is 16.3. The first-order valence-corrected chi connectivity index (χ1v) is 6.25. The van der Waals surface area contributed by atoms with Crippen LogP contribution in [0.15, 0.2) is 0 Å². The minimum Gasteiger partial charge on any atom is -0.477 e. The van der Waals surface area contributed by atoms with Gasteiger partial charge in [0, 0.05) is 19.5 Å². The number of carbonyl (C=O) groups is 2. The van der Waals surface area contributed by atoms with E-state index >= 15 is 0 Å². The van der Waals surface area contributed by atoms with Crippen molar-refractivity contribution in [3.63, 3.8) is 0 Å². The number of carboxylic acids is 2. The van der Waals surface area contributed by atoms with Crippen molar-refractivity contribution in [1.82, 2.24) is 0 Å². The van der Waals surface area contributed by atoms with Gasteiger partial charge in [-0.25, -0.2) is 53.5 Å². The van der Waals surface area contributed by atoms with Gasteiger partial charge in [-0.1, -0.05) is 0 Å². The molecule has 2 aromatic rings. The second kappa shape index (κ2) is 9.68. The Morgan fingerprint density at radius 1 is 0.414 bits per heavy atom. The van der Waals surface area contributed by atoms with Crippen molar-refractivity contribution in [3.05, 3.63) is 69.3 Å². The van der Waals surface area contributed by atoms with E-state index < -0.39 is 81.2 Å². The van der Waals surface area contributed by atoms with Crippen LogP contribution >= 0.6 is 0 Å². The molecule has 15 heteroatoms. The maximum absolute atomic E-state index is 12.6. The molecule has 154 valence electrons. The quantitative estimate of drug-likeness (QED) is 0.288. The van der Waals surface area contributed by atoms with E-state index in [4.69, 9.17) is 10.2 Å². The van der Waals surface area contributed by atoms with Crippen LogP contribution in [0.1, 0.15) is 20.7 Å². The van der Waals surface area contributed by atoms with E-state index in [0.29, 0.717) is 0 Å².